The van der Waals surface area contributed by atoms with Crippen LogP contribution in [0.1, 0.15) is 37.5 Å². The smallest absolute Gasteiger partial charge is 0.526 e. The van der Waals surface area contributed by atoms with Gasteiger partial charge in [0.2, 0.25) is 0 Å². The molecule has 7 aromatic rings. The average Bonchev–Trinajstić information content (AvgIpc) is 3.60. The maximum atomic E-state index is 6.61. The van der Waals surface area contributed by atoms with Gasteiger partial charge in [-0.05, 0) is 84.9 Å². The number of para-hydroxylation sites is 1. The second-order valence-electron chi connectivity index (χ2n) is 13.3. The molecule has 0 radical (unpaired) electrons. The summed E-state index contributed by atoms with van der Waals surface area (Å²) in [5.74, 6) is 3.90. The molecule has 0 spiro atoms. The first-order valence-corrected chi connectivity index (χ1v) is 16.0. The van der Waals surface area contributed by atoms with E-state index in [1.807, 2.05) is 42.7 Å². The number of ether oxygens (including phenoxy) is 1. The van der Waals surface area contributed by atoms with Crippen molar-refractivity contribution in [2.24, 2.45) is 0 Å². The molecule has 0 fully saturated rings. The fourth-order valence-electron chi connectivity index (χ4n) is 6.70. The monoisotopic (exact) mass is 614 g/mol. The van der Waals surface area contributed by atoms with Gasteiger partial charge in [-0.3, -0.25) is 4.57 Å². The summed E-state index contributed by atoms with van der Waals surface area (Å²) in [6.45, 7) is 10.9. The van der Waals surface area contributed by atoms with E-state index in [1.54, 1.807) is 0 Å². The van der Waals surface area contributed by atoms with Gasteiger partial charge < -0.3 is 14.2 Å². The Balaban J connectivity index is 1.21. The Morgan fingerprint density at radius 1 is 0.681 bits per heavy atom. The molecule has 4 heterocycles. The minimum atomic E-state index is -0.347. The second-order valence-corrected chi connectivity index (χ2v) is 13.3. The molecule has 1 aliphatic heterocycles. The van der Waals surface area contributed by atoms with Crippen molar-refractivity contribution in [3.63, 3.8) is 0 Å². The first kappa shape index (κ1) is 28.9. The van der Waals surface area contributed by atoms with Crippen molar-refractivity contribution in [3.05, 3.63) is 138 Å². The van der Waals surface area contributed by atoms with E-state index in [0.717, 1.165) is 56.5 Å². The van der Waals surface area contributed by atoms with E-state index in [4.69, 9.17) is 19.4 Å². The van der Waals surface area contributed by atoms with Crippen LogP contribution in [-0.4, -0.2) is 21.6 Å². The molecule has 0 atom stereocenters. The molecular weight excluding hydrogens is 579 g/mol. The van der Waals surface area contributed by atoms with Gasteiger partial charge in [-0.25, -0.2) is 9.97 Å². The zero-order valence-electron chi connectivity index (χ0n) is 27.2. The molecule has 7 heteroatoms. The Morgan fingerprint density at radius 2 is 1.45 bits per heavy atom. The van der Waals surface area contributed by atoms with Crippen molar-refractivity contribution in [3.8, 4) is 23.1 Å². The number of anilines is 2. The Kier molecular flexibility index (Phi) is 6.80. The maximum absolute atomic E-state index is 6.61. The molecule has 8 rings (SSSR count). The zero-order chi connectivity index (χ0) is 32.3. The van der Waals surface area contributed by atoms with Gasteiger partial charge in [0.05, 0.1) is 11.0 Å². The molecule has 3 aromatic heterocycles. The summed E-state index contributed by atoms with van der Waals surface area (Å²) in [7, 11) is -0.347. The number of aryl methyl sites for hydroxylation is 2. The Morgan fingerprint density at radius 3 is 2.28 bits per heavy atom. The number of benzene rings is 4. The van der Waals surface area contributed by atoms with Crippen molar-refractivity contribution in [1.29, 1.82) is 0 Å². The Bertz CT molecular complexity index is 2280. The van der Waals surface area contributed by atoms with Gasteiger partial charge in [-0.1, -0.05) is 74.4 Å². The predicted octanol–water partition coefficient (Wildman–Crippen LogP) is 9.21. The quantitative estimate of drug-likeness (QED) is 0.181. The van der Waals surface area contributed by atoms with Gasteiger partial charge in [-0.15, -0.1) is 0 Å². The summed E-state index contributed by atoms with van der Waals surface area (Å²) in [5, 5.41) is 2.33. The summed E-state index contributed by atoms with van der Waals surface area (Å²) in [4.78, 5) is 11.7. The largest absolute Gasteiger partial charge is 0.535 e. The average molecular weight is 615 g/mol. The predicted molar refractivity (Wildman–Crippen MR) is 192 cm³/mol. The van der Waals surface area contributed by atoms with Crippen LogP contribution in [0.15, 0.2) is 122 Å². The summed E-state index contributed by atoms with van der Waals surface area (Å²) in [6, 6.07) is 37.5. The highest BCUT2D eigenvalue weighted by Crippen LogP contribution is 2.41. The van der Waals surface area contributed by atoms with Gasteiger partial charge >= 0.3 is 7.05 Å². The topological polar surface area (TPSA) is 52.4 Å². The molecule has 0 N–H and O–H groups in total. The van der Waals surface area contributed by atoms with Crippen molar-refractivity contribution in [2.45, 2.75) is 40.0 Å². The van der Waals surface area contributed by atoms with Crippen LogP contribution in [0, 0.1) is 13.8 Å². The number of pyridine rings is 2. The Labute approximate surface area is 275 Å². The second kappa shape index (κ2) is 11.1. The number of aromatic nitrogens is 3. The van der Waals surface area contributed by atoms with Crippen LogP contribution in [0.3, 0.4) is 0 Å². The first-order valence-electron chi connectivity index (χ1n) is 16.0. The highest BCUT2D eigenvalue weighted by atomic mass is 16.5. The van der Waals surface area contributed by atoms with Gasteiger partial charge in [0.15, 0.2) is 5.82 Å². The summed E-state index contributed by atoms with van der Waals surface area (Å²) >= 11 is 0. The van der Waals surface area contributed by atoms with Gasteiger partial charge in [-0.2, -0.15) is 0 Å². The van der Waals surface area contributed by atoms with Crippen LogP contribution < -0.4 is 19.7 Å². The SMILES string of the molecule is Cc1cccc(C)c1B1Oc2cccnc2N1c1cccc(Oc2ccc3c4ccccc4n(-c4cc(C(C)(C)C)ccn4)c3c2)c1. The molecule has 0 saturated heterocycles. The summed E-state index contributed by atoms with van der Waals surface area (Å²) < 4.78 is 15.4. The molecule has 1 aliphatic rings. The molecule has 0 saturated carbocycles. The fourth-order valence-corrected chi connectivity index (χ4v) is 6.70. The Hall–Kier alpha value is -5.56. The van der Waals surface area contributed by atoms with E-state index in [1.165, 1.54) is 22.1 Å². The van der Waals surface area contributed by atoms with E-state index in [-0.39, 0.29) is 12.5 Å². The lowest BCUT2D eigenvalue weighted by atomic mass is 9.67. The number of fused-ring (bicyclic) bond motifs is 4. The van der Waals surface area contributed by atoms with Gasteiger partial charge in [0.1, 0.15) is 23.1 Å². The molecule has 47 heavy (non-hydrogen) atoms. The molecular formula is C40H35BN4O2. The van der Waals surface area contributed by atoms with E-state index < -0.39 is 0 Å². The van der Waals surface area contributed by atoms with Crippen LogP contribution in [0.2, 0.25) is 0 Å². The number of nitrogens with zero attached hydrogens (tertiary/aromatic N) is 4. The minimum Gasteiger partial charge on any atom is -0.535 e. The van der Waals surface area contributed by atoms with Crippen LogP contribution in [0.25, 0.3) is 27.6 Å². The summed E-state index contributed by atoms with van der Waals surface area (Å²) in [6.07, 6.45) is 3.71. The van der Waals surface area contributed by atoms with Crippen LogP contribution in [0.4, 0.5) is 11.5 Å². The maximum Gasteiger partial charge on any atom is 0.526 e. The number of rotatable bonds is 5. The third-order valence-electron chi connectivity index (χ3n) is 9.06. The minimum absolute atomic E-state index is 0.00304. The molecule has 0 amide bonds. The highest BCUT2D eigenvalue weighted by molar-refractivity contribution is 6.75. The van der Waals surface area contributed by atoms with Crippen molar-refractivity contribution in [2.75, 3.05) is 4.81 Å². The molecule has 4 aromatic carbocycles. The number of hydrogen-bond acceptors (Lipinski definition) is 5. The molecule has 0 aliphatic carbocycles. The van der Waals surface area contributed by atoms with E-state index in [0.29, 0.717) is 0 Å². The van der Waals surface area contributed by atoms with Gasteiger partial charge in [0, 0.05) is 41.0 Å². The van der Waals surface area contributed by atoms with Crippen LogP contribution >= 0.6 is 0 Å². The lowest BCUT2D eigenvalue weighted by Crippen LogP contribution is -2.49. The highest BCUT2D eigenvalue weighted by Gasteiger charge is 2.42. The first-order chi connectivity index (χ1) is 22.8. The number of hydrogen-bond donors (Lipinski definition) is 0. The molecule has 6 nitrogen and oxygen atoms in total. The third kappa shape index (κ3) is 4.99. The normalized spacial score (nSPS) is 12.9. The third-order valence-corrected chi connectivity index (χ3v) is 9.06. The van der Waals surface area contributed by atoms with Gasteiger partial charge in [0.25, 0.3) is 0 Å². The van der Waals surface area contributed by atoms with Crippen LogP contribution in [0.5, 0.6) is 17.2 Å². The summed E-state index contributed by atoms with van der Waals surface area (Å²) in [5.41, 5.74) is 7.81. The van der Waals surface area contributed by atoms with E-state index in [9.17, 15) is 0 Å². The molecule has 0 unspecified atom stereocenters. The van der Waals surface area contributed by atoms with Crippen molar-refractivity contribution >= 4 is 45.8 Å². The van der Waals surface area contributed by atoms with E-state index in [2.05, 4.69) is 123 Å². The van der Waals surface area contributed by atoms with Crippen molar-refractivity contribution < 1.29 is 9.39 Å². The lowest BCUT2D eigenvalue weighted by Gasteiger charge is -2.24. The molecule has 0 bridgehead atoms. The molecule has 230 valence electrons. The van der Waals surface area contributed by atoms with Crippen LogP contribution in [-0.2, 0) is 5.41 Å². The lowest BCUT2D eigenvalue weighted by molar-refractivity contribution is 0.483. The standard InChI is InChI=1S/C40H35BN4O2/c1-26-11-8-12-27(2)38(26)41-45(39-36(47-41)17-10-21-43-39)29-13-9-14-30(24-29)46-31-18-19-33-32-15-6-7-16-34(32)44(35(33)25-31)37-23-28(20-22-42-37)40(3,4)5/h6-25H,1-5H3. The fraction of sp³-hybridized carbons (Fsp3) is 0.150. The zero-order valence-corrected chi connectivity index (χ0v) is 27.2. The van der Waals surface area contributed by atoms with Crippen molar-refractivity contribution in [1.82, 2.24) is 14.5 Å². The van der Waals surface area contributed by atoms with E-state index >= 15 is 0 Å².